The van der Waals surface area contributed by atoms with E-state index in [1.165, 1.54) is 36.9 Å². The second-order valence-corrected chi connectivity index (χ2v) is 9.04. The van der Waals surface area contributed by atoms with Gasteiger partial charge in [-0.25, -0.2) is 14.3 Å². The zero-order valence-corrected chi connectivity index (χ0v) is 18.8. The summed E-state index contributed by atoms with van der Waals surface area (Å²) in [5, 5.41) is 0.317. The number of aryl methyl sites for hydroxylation is 1. The van der Waals surface area contributed by atoms with Gasteiger partial charge >= 0.3 is 5.69 Å². The molecule has 1 N–H and O–H groups in total. The average Bonchev–Trinajstić information content (AvgIpc) is 2.82. The van der Waals surface area contributed by atoms with Crippen LogP contribution in [0.25, 0.3) is 16.7 Å². The van der Waals surface area contributed by atoms with Crippen LogP contribution in [0, 0.1) is 13.8 Å². The third-order valence-corrected chi connectivity index (χ3v) is 7.11. The molecule has 0 aliphatic carbocycles. The van der Waals surface area contributed by atoms with E-state index in [2.05, 4.69) is 24.8 Å². The van der Waals surface area contributed by atoms with Crippen molar-refractivity contribution in [2.45, 2.75) is 52.0 Å². The molecule has 4 heterocycles. The van der Waals surface area contributed by atoms with E-state index in [1.807, 2.05) is 26.0 Å². The van der Waals surface area contributed by atoms with Crippen LogP contribution in [0.3, 0.4) is 0 Å². The summed E-state index contributed by atoms with van der Waals surface area (Å²) in [6.45, 7) is 8.07. The molecule has 0 spiro atoms. The first-order valence-electron chi connectivity index (χ1n) is 11.6. The summed E-state index contributed by atoms with van der Waals surface area (Å²) < 4.78 is 1.18. The van der Waals surface area contributed by atoms with Crippen LogP contribution in [0.5, 0.6) is 0 Å². The lowest BCUT2D eigenvalue weighted by Crippen LogP contribution is -2.47. The van der Waals surface area contributed by atoms with E-state index in [9.17, 15) is 9.59 Å². The Bertz CT molecular complexity index is 1250. The highest BCUT2D eigenvalue weighted by molar-refractivity contribution is 5.74. The number of nitrogens with zero attached hydrogens (tertiary/aromatic N) is 5. The third kappa shape index (κ3) is 3.72. The fraction of sp³-hybridized carbons (Fsp3) is 0.500. The molecule has 0 unspecified atom stereocenters. The van der Waals surface area contributed by atoms with Crippen molar-refractivity contribution in [1.82, 2.24) is 24.4 Å². The van der Waals surface area contributed by atoms with Crippen LogP contribution < -0.4 is 16.1 Å². The minimum atomic E-state index is -0.482. The molecule has 0 atom stereocenters. The number of piperidine rings is 2. The van der Waals surface area contributed by atoms with Crippen molar-refractivity contribution in [2.24, 2.45) is 0 Å². The third-order valence-electron chi connectivity index (χ3n) is 7.11. The molecule has 0 saturated carbocycles. The molecule has 8 nitrogen and oxygen atoms in total. The van der Waals surface area contributed by atoms with E-state index in [0.717, 1.165) is 37.1 Å². The summed E-state index contributed by atoms with van der Waals surface area (Å²) in [5.41, 5.74) is 1.92. The molecule has 5 rings (SSSR count). The second-order valence-electron chi connectivity index (χ2n) is 9.04. The molecule has 0 radical (unpaired) electrons. The molecule has 2 saturated heterocycles. The summed E-state index contributed by atoms with van der Waals surface area (Å²) in [7, 11) is 0. The lowest BCUT2D eigenvalue weighted by atomic mass is 10.0. The maximum Gasteiger partial charge on any atom is 0.334 e. The van der Waals surface area contributed by atoms with Crippen LogP contribution in [-0.2, 0) is 0 Å². The van der Waals surface area contributed by atoms with Crippen molar-refractivity contribution in [3.8, 4) is 5.69 Å². The van der Waals surface area contributed by atoms with Crippen LogP contribution >= 0.6 is 0 Å². The number of aromatic amines is 1. The normalized spacial score (nSPS) is 18.4. The van der Waals surface area contributed by atoms with Gasteiger partial charge in [-0.15, -0.1) is 0 Å². The molecule has 2 aliphatic rings. The van der Waals surface area contributed by atoms with Crippen molar-refractivity contribution >= 4 is 17.0 Å². The van der Waals surface area contributed by atoms with Gasteiger partial charge in [-0.2, -0.15) is 4.98 Å². The van der Waals surface area contributed by atoms with Crippen LogP contribution in [0.15, 0.2) is 34.0 Å². The number of aromatic nitrogens is 4. The number of benzene rings is 1. The van der Waals surface area contributed by atoms with Gasteiger partial charge in [-0.1, -0.05) is 18.6 Å². The largest absolute Gasteiger partial charge is 0.341 e. The van der Waals surface area contributed by atoms with Crippen LogP contribution in [0.2, 0.25) is 0 Å². The average molecular weight is 435 g/mol. The zero-order valence-electron chi connectivity index (χ0n) is 18.8. The topological polar surface area (TPSA) is 87.1 Å². The molecule has 1 aromatic carbocycles. The molecular formula is C24H30N6O2. The SMILES string of the molecule is Cc1cccc(-n2c(=O)[nH]c3nc(N4CCC(N5CCCCC5)CC4)ncc3c2=O)c1C. The number of H-pyrrole nitrogens is 1. The molecule has 32 heavy (non-hydrogen) atoms. The molecule has 0 amide bonds. The van der Waals surface area contributed by atoms with E-state index in [1.54, 1.807) is 12.3 Å². The molecule has 2 fully saturated rings. The Hall–Kier alpha value is -3.00. The second kappa shape index (κ2) is 8.50. The molecular weight excluding hydrogens is 404 g/mol. The highest BCUT2D eigenvalue weighted by Gasteiger charge is 2.27. The zero-order chi connectivity index (χ0) is 22.2. The van der Waals surface area contributed by atoms with Crippen molar-refractivity contribution < 1.29 is 0 Å². The molecule has 8 heteroatoms. The predicted molar refractivity (Wildman–Crippen MR) is 126 cm³/mol. The summed E-state index contributed by atoms with van der Waals surface area (Å²) in [6.07, 6.45) is 7.69. The minimum Gasteiger partial charge on any atom is -0.341 e. The van der Waals surface area contributed by atoms with Gasteiger partial charge in [0.15, 0.2) is 5.65 Å². The van der Waals surface area contributed by atoms with Crippen LogP contribution in [-0.4, -0.2) is 56.6 Å². The van der Waals surface area contributed by atoms with Crippen LogP contribution in [0.4, 0.5) is 5.95 Å². The van der Waals surface area contributed by atoms with Gasteiger partial charge in [-0.3, -0.25) is 9.78 Å². The number of hydrogen-bond acceptors (Lipinski definition) is 6. The van der Waals surface area contributed by atoms with E-state index in [0.29, 0.717) is 28.7 Å². The fourth-order valence-electron chi connectivity index (χ4n) is 5.06. The smallest absolute Gasteiger partial charge is 0.334 e. The Morgan fingerprint density at radius 3 is 2.50 bits per heavy atom. The van der Waals surface area contributed by atoms with E-state index in [-0.39, 0.29) is 0 Å². The van der Waals surface area contributed by atoms with Crippen LogP contribution in [0.1, 0.15) is 43.2 Å². The standard InChI is InChI=1S/C24H30N6O2/c1-16-7-6-8-20(17(16)2)30-22(31)19-15-25-23(26-21(19)27-24(30)32)29-13-9-18(10-14-29)28-11-4-3-5-12-28/h6-8,15,18H,3-5,9-14H2,1-2H3,(H,25,26,27,32). The Kier molecular flexibility index (Phi) is 5.55. The van der Waals surface area contributed by atoms with E-state index < -0.39 is 11.2 Å². The van der Waals surface area contributed by atoms with Crippen molar-refractivity contribution in [2.75, 3.05) is 31.1 Å². The summed E-state index contributed by atoms with van der Waals surface area (Å²) in [4.78, 5) is 42.7. The maximum absolute atomic E-state index is 13.2. The summed E-state index contributed by atoms with van der Waals surface area (Å²) >= 11 is 0. The number of nitrogens with one attached hydrogen (secondary N) is 1. The minimum absolute atomic E-state index is 0.296. The highest BCUT2D eigenvalue weighted by Crippen LogP contribution is 2.23. The summed E-state index contributed by atoms with van der Waals surface area (Å²) in [5.74, 6) is 0.578. The Balaban J connectivity index is 1.42. The Morgan fingerprint density at radius 2 is 1.75 bits per heavy atom. The quantitative estimate of drug-likeness (QED) is 0.682. The van der Waals surface area contributed by atoms with Gasteiger partial charge in [0.25, 0.3) is 5.56 Å². The number of hydrogen-bond donors (Lipinski definition) is 1. The number of fused-ring (bicyclic) bond motifs is 1. The first-order chi connectivity index (χ1) is 15.5. The lowest BCUT2D eigenvalue weighted by molar-refractivity contribution is 0.141. The van der Waals surface area contributed by atoms with Gasteiger partial charge in [0, 0.05) is 25.3 Å². The predicted octanol–water partition coefficient (Wildman–Crippen LogP) is 2.54. The molecule has 0 bridgehead atoms. The van der Waals surface area contributed by atoms with Gasteiger partial charge in [0.2, 0.25) is 5.95 Å². The number of likely N-dealkylation sites (tertiary alicyclic amines) is 1. The van der Waals surface area contributed by atoms with Gasteiger partial charge < -0.3 is 9.80 Å². The van der Waals surface area contributed by atoms with Gasteiger partial charge in [0.1, 0.15) is 5.39 Å². The van der Waals surface area contributed by atoms with Crippen molar-refractivity contribution in [3.63, 3.8) is 0 Å². The maximum atomic E-state index is 13.2. The van der Waals surface area contributed by atoms with E-state index in [4.69, 9.17) is 0 Å². The first-order valence-corrected chi connectivity index (χ1v) is 11.6. The monoisotopic (exact) mass is 434 g/mol. The first kappa shape index (κ1) is 20.9. The van der Waals surface area contributed by atoms with E-state index >= 15 is 0 Å². The number of anilines is 1. The highest BCUT2D eigenvalue weighted by atomic mass is 16.2. The molecule has 2 aromatic heterocycles. The van der Waals surface area contributed by atoms with Crippen molar-refractivity contribution in [3.05, 3.63) is 56.4 Å². The molecule has 3 aromatic rings. The Morgan fingerprint density at radius 1 is 1.00 bits per heavy atom. The molecule has 168 valence electrons. The Labute approximate surface area is 186 Å². The van der Waals surface area contributed by atoms with Gasteiger partial charge in [0.05, 0.1) is 5.69 Å². The van der Waals surface area contributed by atoms with Gasteiger partial charge in [-0.05, 0) is 69.8 Å². The lowest BCUT2D eigenvalue weighted by Gasteiger charge is -2.40. The number of rotatable bonds is 3. The van der Waals surface area contributed by atoms with Crippen molar-refractivity contribution in [1.29, 1.82) is 0 Å². The fourth-order valence-corrected chi connectivity index (χ4v) is 5.06. The molecule has 2 aliphatic heterocycles. The summed E-state index contributed by atoms with van der Waals surface area (Å²) in [6, 6.07) is 6.23.